The van der Waals surface area contributed by atoms with E-state index in [0.717, 1.165) is 38.6 Å². The van der Waals surface area contributed by atoms with Crippen molar-refractivity contribution in [2.24, 2.45) is 9.81 Å². The van der Waals surface area contributed by atoms with Crippen molar-refractivity contribution in [3.63, 3.8) is 0 Å². The van der Waals surface area contributed by atoms with Crippen molar-refractivity contribution in [3.8, 4) is 0 Å². The first-order chi connectivity index (χ1) is 11.8. The first-order valence-electron chi connectivity index (χ1n) is 8.77. The number of nitrogens with one attached hydrogen (secondary N) is 1. The summed E-state index contributed by atoms with van der Waals surface area (Å²) in [5.74, 6) is 0.550. The van der Waals surface area contributed by atoms with E-state index >= 15 is 0 Å². The monoisotopic (exact) mass is 363 g/mol. The lowest BCUT2D eigenvalue weighted by molar-refractivity contribution is -0.124. The standard InChI is InChI=1S/C18H25N3O3S/c1-18(10-3-4-11-18)17(22)19-14-7-5-8-15(13-14)25(23,24)20-16-9-6-12-21(16)2/h5,7-8,13H,3-4,6,9-12H2,1-2H3,(H,19,22)/b20-16+. The van der Waals surface area contributed by atoms with Gasteiger partial charge in [0.25, 0.3) is 10.0 Å². The van der Waals surface area contributed by atoms with Crippen LogP contribution < -0.4 is 5.32 Å². The number of rotatable bonds is 4. The molecular formula is C18H25N3O3S. The summed E-state index contributed by atoms with van der Waals surface area (Å²) in [7, 11) is -1.93. The largest absolute Gasteiger partial charge is 0.362 e. The summed E-state index contributed by atoms with van der Waals surface area (Å²) in [6, 6.07) is 6.36. The van der Waals surface area contributed by atoms with E-state index in [1.807, 2.05) is 18.9 Å². The number of nitrogens with zero attached hydrogens (tertiary/aromatic N) is 2. The van der Waals surface area contributed by atoms with Crippen LogP contribution in [0.3, 0.4) is 0 Å². The van der Waals surface area contributed by atoms with Crippen LogP contribution in [0.1, 0.15) is 45.4 Å². The van der Waals surface area contributed by atoms with Crippen LogP contribution in [0.15, 0.2) is 33.6 Å². The second-order valence-electron chi connectivity index (χ2n) is 7.26. The average Bonchev–Trinajstić information content (AvgIpc) is 3.17. The van der Waals surface area contributed by atoms with Gasteiger partial charge in [0.1, 0.15) is 5.84 Å². The summed E-state index contributed by atoms with van der Waals surface area (Å²) in [6.07, 6.45) is 5.45. The highest BCUT2D eigenvalue weighted by Crippen LogP contribution is 2.38. The number of hydrogen-bond donors (Lipinski definition) is 1. The van der Waals surface area contributed by atoms with Crippen molar-refractivity contribution in [3.05, 3.63) is 24.3 Å². The first-order valence-corrected chi connectivity index (χ1v) is 10.2. The third-order valence-corrected chi connectivity index (χ3v) is 6.51. The van der Waals surface area contributed by atoms with Gasteiger partial charge in [-0.1, -0.05) is 25.8 Å². The molecule has 7 heteroatoms. The lowest BCUT2D eigenvalue weighted by Crippen LogP contribution is -2.30. The van der Waals surface area contributed by atoms with Crippen LogP contribution in [0, 0.1) is 5.41 Å². The van der Waals surface area contributed by atoms with Crippen molar-refractivity contribution in [1.82, 2.24) is 4.90 Å². The molecule has 3 rings (SSSR count). The molecule has 0 atom stereocenters. The van der Waals surface area contributed by atoms with E-state index < -0.39 is 10.0 Å². The molecule has 1 N–H and O–H groups in total. The molecule has 1 aromatic carbocycles. The maximum absolute atomic E-state index is 12.6. The molecule has 0 radical (unpaired) electrons. The van der Waals surface area contributed by atoms with Crippen molar-refractivity contribution in [2.45, 2.75) is 50.3 Å². The SMILES string of the molecule is CN1CCC/C1=N\S(=O)(=O)c1cccc(NC(=O)C2(C)CCCC2)c1. The zero-order valence-corrected chi connectivity index (χ0v) is 15.6. The predicted molar refractivity (Wildman–Crippen MR) is 98.1 cm³/mol. The van der Waals surface area contributed by atoms with E-state index in [-0.39, 0.29) is 16.2 Å². The van der Waals surface area contributed by atoms with Gasteiger partial charge >= 0.3 is 0 Å². The van der Waals surface area contributed by atoms with E-state index in [2.05, 4.69) is 9.71 Å². The second kappa shape index (κ2) is 6.78. The fourth-order valence-corrected chi connectivity index (χ4v) is 4.64. The summed E-state index contributed by atoms with van der Waals surface area (Å²) in [4.78, 5) is 14.5. The summed E-state index contributed by atoms with van der Waals surface area (Å²) < 4.78 is 29.1. The summed E-state index contributed by atoms with van der Waals surface area (Å²) in [5, 5.41) is 2.88. The predicted octanol–water partition coefficient (Wildman–Crippen LogP) is 3.02. The molecule has 0 spiro atoms. The minimum Gasteiger partial charge on any atom is -0.362 e. The third kappa shape index (κ3) is 3.86. The number of carbonyl (C=O) groups is 1. The van der Waals surface area contributed by atoms with Crippen LogP contribution in [-0.4, -0.2) is 38.7 Å². The van der Waals surface area contributed by atoms with E-state index in [1.165, 1.54) is 12.1 Å². The smallest absolute Gasteiger partial charge is 0.284 e. The van der Waals surface area contributed by atoms with Gasteiger partial charge < -0.3 is 10.2 Å². The van der Waals surface area contributed by atoms with Crippen LogP contribution in [0.5, 0.6) is 0 Å². The van der Waals surface area contributed by atoms with Crippen molar-refractivity contribution < 1.29 is 13.2 Å². The number of benzene rings is 1. The fourth-order valence-electron chi connectivity index (χ4n) is 3.50. The third-order valence-electron chi connectivity index (χ3n) is 5.21. The van der Waals surface area contributed by atoms with E-state index in [9.17, 15) is 13.2 Å². The van der Waals surface area contributed by atoms with Crippen molar-refractivity contribution in [1.29, 1.82) is 0 Å². The number of carbonyl (C=O) groups excluding carboxylic acids is 1. The van der Waals surface area contributed by atoms with Gasteiger partial charge in [0.2, 0.25) is 5.91 Å². The number of sulfonamides is 1. The maximum Gasteiger partial charge on any atom is 0.284 e. The summed E-state index contributed by atoms with van der Waals surface area (Å²) >= 11 is 0. The number of anilines is 1. The molecule has 1 aliphatic carbocycles. The Kier molecular flexibility index (Phi) is 4.86. The van der Waals surface area contributed by atoms with E-state index in [4.69, 9.17) is 0 Å². The van der Waals surface area contributed by atoms with Crippen LogP contribution in [0.2, 0.25) is 0 Å². The minimum absolute atomic E-state index is 0.0404. The molecule has 1 aliphatic heterocycles. The maximum atomic E-state index is 12.6. The zero-order valence-electron chi connectivity index (χ0n) is 14.8. The molecule has 2 fully saturated rings. The minimum atomic E-state index is -3.77. The highest BCUT2D eigenvalue weighted by atomic mass is 32.2. The Hall–Kier alpha value is -1.89. The van der Waals surface area contributed by atoms with Crippen LogP contribution >= 0.6 is 0 Å². The molecule has 0 unspecified atom stereocenters. The normalized spacial score (nSPS) is 21.7. The molecule has 1 heterocycles. The highest BCUT2D eigenvalue weighted by Gasteiger charge is 2.36. The van der Waals surface area contributed by atoms with Gasteiger partial charge in [0.15, 0.2) is 0 Å². The van der Waals surface area contributed by atoms with Crippen LogP contribution in [-0.2, 0) is 14.8 Å². The van der Waals surface area contributed by atoms with Gasteiger partial charge in [-0.2, -0.15) is 8.42 Å². The van der Waals surface area contributed by atoms with Crippen LogP contribution in [0.25, 0.3) is 0 Å². The zero-order chi connectivity index (χ0) is 18.1. The molecular weight excluding hydrogens is 338 g/mol. The summed E-state index contributed by atoms with van der Waals surface area (Å²) in [6.45, 7) is 2.79. The van der Waals surface area contributed by atoms with Gasteiger partial charge in [0.05, 0.1) is 4.90 Å². The molecule has 1 amide bonds. The Bertz CT molecular complexity index is 796. The summed E-state index contributed by atoms with van der Waals surface area (Å²) in [5.41, 5.74) is 0.140. The van der Waals surface area contributed by atoms with Crippen molar-refractivity contribution in [2.75, 3.05) is 18.9 Å². The molecule has 0 aromatic heterocycles. The number of likely N-dealkylation sites (tertiary alicyclic amines) is 1. The lowest BCUT2D eigenvalue weighted by atomic mass is 9.88. The molecule has 6 nitrogen and oxygen atoms in total. The Labute approximate surface area is 149 Å². The Morgan fingerprint density at radius 2 is 1.96 bits per heavy atom. The van der Waals surface area contributed by atoms with E-state index in [1.54, 1.807) is 12.1 Å². The van der Waals surface area contributed by atoms with Crippen LogP contribution in [0.4, 0.5) is 5.69 Å². The first kappa shape index (κ1) is 17.9. The topological polar surface area (TPSA) is 78.8 Å². The molecule has 136 valence electrons. The van der Waals surface area contributed by atoms with Gasteiger partial charge in [-0.05, 0) is 37.5 Å². The second-order valence-corrected chi connectivity index (χ2v) is 8.86. The molecule has 2 aliphatic rings. The quantitative estimate of drug-likeness (QED) is 0.892. The number of amides is 1. The Morgan fingerprint density at radius 1 is 1.24 bits per heavy atom. The Balaban J connectivity index is 1.80. The van der Waals surface area contributed by atoms with Gasteiger partial charge in [0, 0.05) is 31.1 Å². The van der Waals surface area contributed by atoms with Gasteiger partial charge in [-0.3, -0.25) is 4.79 Å². The molecule has 0 bridgehead atoms. The highest BCUT2D eigenvalue weighted by molar-refractivity contribution is 7.90. The molecule has 25 heavy (non-hydrogen) atoms. The molecule has 1 saturated heterocycles. The number of hydrogen-bond acceptors (Lipinski definition) is 3. The molecule has 1 aromatic rings. The van der Waals surface area contributed by atoms with Gasteiger partial charge in [-0.25, -0.2) is 0 Å². The fraction of sp³-hybridized carbons (Fsp3) is 0.556. The van der Waals surface area contributed by atoms with Gasteiger partial charge in [-0.15, -0.1) is 4.40 Å². The lowest BCUT2D eigenvalue weighted by Gasteiger charge is -2.22. The molecule has 1 saturated carbocycles. The van der Waals surface area contributed by atoms with Crippen molar-refractivity contribution >= 4 is 27.5 Å². The average molecular weight is 363 g/mol. The van der Waals surface area contributed by atoms with E-state index in [0.29, 0.717) is 17.9 Å². The number of amidine groups is 1. The Morgan fingerprint density at radius 3 is 2.60 bits per heavy atom.